The number of ether oxygens (including phenoxy) is 2. The highest BCUT2D eigenvalue weighted by Crippen LogP contribution is 2.35. The highest BCUT2D eigenvalue weighted by atomic mass is 16.5. The second-order valence-corrected chi connectivity index (χ2v) is 9.19. The van der Waals surface area contributed by atoms with Crippen molar-refractivity contribution in [3.05, 3.63) is 102 Å². The van der Waals surface area contributed by atoms with E-state index in [0.29, 0.717) is 18.0 Å². The van der Waals surface area contributed by atoms with E-state index < -0.39 is 6.10 Å². The number of aliphatic hydroxyl groups is 1. The molecule has 0 radical (unpaired) electrons. The summed E-state index contributed by atoms with van der Waals surface area (Å²) in [5, 5.41) is 11.7. The number of aliphatic hydroxyl groups excluding tert-OH is 1. The molecule has 1 fully saturated rings. The summed E-state index contributed by atoms with van der Waals surface area (Å²) < 4.78 is 11.6. The third kappa shape index (κ3) is 5.51. The lowest BCUT2D eigenvalue weighted by Gasteiger charge is -2.40. The molecule has 1 atom stereocenters. The molecule has 4 aromatic rings. The Hall–Kier alpha value is -3.45. The van der Waals surface area contributed by atoms with Gasteiger partial charge in [-0.2, -0.15) is 0 Å². The SMILES string of the molecule is COc1ccc2ncccc2c1OCC(O)CN1CCN(C(c2ccccc2)c2ccccc2)CC1. The first-order valence-corrected chi connectivity index (χ1v) is 12.5. The minimum absolute atomic E-state index is 0.196. The number of hydrogen-bond acceptors (Lipinski definition) is 6. The maximum Gasteiger partial charge on any atom is 0.170 e. The van der Waals surface area contributed by atoms with Gasteiger partial charge in [-0.1, -0.05) is 60.7 Å². The van der Waals surface area contributed by atoms with Crippen molar-refractivity contribution in [3.8, 4) is 11.5 Å². The number of nitrogens with zero attached hydrogens (tertiary/aromatic N) is 3. The number of rotatable bonds is 9. The summed E-state index contributed by atoms with van der Waals surface area (Å²) in [5.41, 5.74) is 3.46. The Kier molecular flexibility index (Phi) is 7.76. The lowest BCUT2D eigenvalue weighted by molar-refractivity contribution is 0.0399. The van der Waals surface area contributed by atoms with Gasteiger partial charge in [-0.25, -0.2) is 0 Å². The highest BCUT2D eigenvalue weighted by molar-refractivity contribution is 5.87. The zero-order chi connectivity index (χ0) is 24.7. The van der Waals surface area contributed by atoms with Crippen LogP contribution in [0.1, 0.15) is 17.2 Å². The topological polar surface area (TPSA) is 58.1 Å². The summed E-state index contributed by atoms with van der Waals surface area (Å²) in [4.78, 5) is 9.25. The fourth-order valence-electron chi connectivity index (χ4n) is 5.03. The fraction of sp³-hybridized carbons (Fsp3) is 0.300. The van der Waals surface area contributed by atoms with Gasteiger partial charge in [0, 0.05) is 44.3 Å². The van der Waals surface area contributed by atoms with Crippen LogP contribution >= 0.6 is 0 Å². The maximum absolute atomic E-state index is 10.8. The van der Waals surface area contributed by atoms with Gasteiger partial charge in [-0.3, -0.25) is 14.8 Å². The molecule has 1 unspecified atom stereocenters. The molecule has 1 saturated heterocycles. The molecule has 6 heteroatoms. The summed E-state index contributed by atoms with van der Waals surface area (Å²) in [5.74, 6) is 1.27. The van der Waals surface area contributed by atoms with Gasteiger partial charge >= 0.3 is 0 Å². The highest BCUT2D eigenvalue weighted by Gasteiger charge is 2.27. The van der Waals surface area contributed by atoms with Crippen molar-refractivity contribution in [1.29, 1.82) is 0 Å². The van der Waals surface area contributed by atoms with Crippen LogP contribution in [-0.2, 0) is 0 Å². The van der Waals surface area contributed by atoms with Gasteiger partial charge in [0.25, 0.3) is 0 Å². The first kappa shape index (κ1) is 24.3. The Morgan fingerprint density at radius 2 is 1.50 bits per heavy atom. The van der Waals surface area contributed by atoms with Crippen LogP contribution in [0.4, 0.5) is 0 Å². The summed E-state index contributed by atoms with van der Waals surface area (Å²) >= 11 is 0. The molecule has 1 N–H and O–H groups in total. The van der Waals surface area contributed by atoms with Crippen LogP contribution in [-0.4, -0.2) is 72.4 Å². The average Bonchev–Trinajstić information content (AvgIpc) is 2.94. The van der Waals surface area contributed by atoms with E-state index in [-0.39, 0.29) is 12.6 Å². The van der Waals surface area contributed by atoms with Crippen molar-refractivity contribution in [2.24, 2.45) is 0 Å². The van der Waals surface area contributed by atoms with Crippen LogP contribution in [0.5, 0.6) is 11.5 Å². The second-order valence-electron chi connectivity index (χ2n) is 9.19. The van der Waals surface area contributed by atoms with E-state index in [2.05, 4.69) is 75.4 Å². The minimum Gasteiger partial charge on any atom is -0.493 e. The summed E-state index contributed by atoms with van der Waals surface area (Å²) in [6, 6.07) is 29.3. The molecule has 186 valence electrons. The minimum atomic E-state index is -0.604. The van der Waals surface area contributed by atoms with Crippen LogP contribution in [0.15, 0.2) is 91.1 Å². The number of β-amino-alcohol motifs (C(OH)–C–C–N with tert-alkyl or cyclic N) is 1. The van der Waals surface area contributed by atoms with E-state index >= 15 is 0 Å². The van der Waals surface area contributed by atoms with E-state index in [0.717, 1.165) is 37.1 Å². The Balaban J connectivity index is 1.20. The zero-order valence-corrected chi connectivity index (χ0v) is 20.7. The van der Waals surface area contributed by atoms with Crippen molar-refractivity contribution in [3.63, 3.8) is 0 Å². The van der Waals surface area contributed by atoms with Crippen LogP contribution in [0.2, 0.25) is 0 Å². The molecule has 1 aliphatic rings. The Morgan fingerprint density at radius 3 is 2.14 bits per heavy atom. The number of pyridine rings is 1. The summed E-state index contributed by atoms with van der Waals surface area (Å²) in [7, 11) is 1.62. The molecular formula is C30H33N3O3. The second kappa shape index (κ2) is 11.5. The van der Waals surface area contributed by atoms with Gasteiger partial charge in [-0.05, 0) is 35.4 Å². The third-order valence-electron chi connectivity index (χ3n) is 6.81. The van der Waals surface area contributed by atoms with Crippen LogP contribution < -0.4 is 9.47 Å². The molecular weight excluding hydrogens is 450 g/mol. The molecule has 1 aliphatic heterocycles. The summed E-state index contributed by atoms with van der Waals surface area (Å²) in [6.07, 6.45) is 1.15. The van der Waals surface area contributed by atoms with Crippen LogP contribution in [0.3, 0.4) is 0 Å². The first-order valence-electron chi connectivity index (χ1n) is 12.5. The van der Waals surface area contributed by atoms with Crippen molar-refractivity contribution in [1.82, 2.24) is 14.8 Å². The summed E-state index contributed by atoms with van der Waals surface area (Å²) in [6.45, 7) is 4.43. The molecule has 0 aliphatic carbocycles. The number of fused-ring (bicyclic) bond motifs is 1. The number of piperazine rings is 1. The number of methoxy groups -OCH3 is 1. The lowest BCUT2D eigenvalue weighted by Crippen LogP contribution is -2.50. The molecule has 0 spiro atoms. The first-order chi connectivity index (χ1) is 17.7. The Bertz CT molecular complexity index is 1200. The molecule has 2 heterocycles. The lowest BCUT2D eigenvalue weighted by atomic mass is 9.96. The molecule has 0 saturated carbocycles. The molecule has 5 rings (SSSR count). The van der Waals surface area contributed by atoms with E-state index in [9.17, 15) is 5.11 Å². The molecule has 6 nitrogen and oxygen atoms in total. The molecule has 0 amide bonds. The third-order valence-corrected chi connectivity index (χ3v) is 6.81. The smallest absolute Gasteiger partial charge is 0.170 e. The molecule has 36 heavy (non-hydrogen) atoms. The monoisotopic (exact) mass is 483 g/mol. The van der Waals surface area contributed by atoms with Gasteiger partial charge < -0.3 is 14.6 Å². The standard InChI is InChI=1S/C30H33N3O3/c1-35-28-15-14-27-26(13-8-16-31-27)30(28)36-22-25(34)21-32-17-19-33(20-18-32)29(23-9-4-2-5-10-23)24-11-6-3-7-12-24/h2-16,25,29,34H,17-22H2,1H3. The van der Waals surface area contributed by atoms with Crippen LogP contribution in [0.25, 0.3) is 10.9 Å². The molecule has 1 aromatic heterocycles. The number of aromatic nitrogens is 1. The van der Waals surface area contributed by atoms with E-state index in [1.165, 1.54) is 11.1 Å². The van der Waals surface area contributed by atoms with E-state index in [4.69, 9.17) is 9.47 Å². The Labute approximate surface area is 212 Å². The van der Waals surface area contributed by atoms with E-state index in [1.807, 2.05) is 24.3 Å². The van der Waals surface area contributed by atoms with Gasteiger partial charge in [-0.15, -0.1) is 0 Å². The predicted octanol–water partition coefficient (Wildman–Crippen LogP) is 4.39. The fourth-order valence-corrected chi connectivity index (χ4v) is 5.03. The van der Waals surface area contributed by atoms with Crippen molar-refractivity contribution < 1.29 is 14.6 Å². The van der Waals surface area contributed by atoms with Gasteiger partial charge in [0.2, 0.25) is 0 Å². The van der Waals surface area contributed by atoms with Crippen molar-refractivity contribution >= 4 is 10.9 Å². The predicted molar refractivity (Wildman–Crippen MR) is 143 cm³/mol. The largest absolute Gasteiger partial charge is 0.493 e. The van der Waals surface area contributed by atoms with Gasteiger partial charge in [0.05, 0.1) is 18.7 Å². The normalized spacial score (nSPS) is 15.8. The van der Waals surface area contributed by atoms with Crippen molar-refractivity contribution in [2.45, 2.75) is 12.1 Å². The number of hydrogen-bond donors (Lipinski definition) is 1. The molecule has 0 bridgehead atoms. The van der Waals surface area contributed by atoms with Crippen molar-refractivity contribution in [2.75, 3.05) is 46.4 Å². The van der Waals surface area contributed by atoms with E-state index in [1.54, 1.807) is 13.3 Å². The van der Waals surface area contributed by atoms with Gasteiger partial charge in [0.15, 0.2) is 11.5 Å². The van der Waals surface area contributed by atoms with Crippen LogP contribution in [0, 0.1) is 0 Å². The Morgan fingerprint density at radius 1 is 0.833 bits per heavy atom. The molecule has 3 aromatic carbocycles. The zero-order valence-electron chi connectivity index (χ0n) is 20.7. The van der Waals surface area contributed by atoms with Gasteiger partial charge in [0.1, 0.15) is 12.7 Å². The average molecular weight is 484 g/mol. The maximum atomic E-state index is 10.8. The number of benzene rings is 3. The quantitative estimate of drug-likeness (QED) is 0.381.